The Bertz CT molecular complexity index is 987. The first-order valence-electron chi connectivity index (χ1n) is 8.06. The van der Waals surface area contributed by atoms with Crippen molar-refractivity contribution in [1.82, 2.24) is 0 Å². The van der Waals surface area contributed by atoms with E-state index in [1.807, 2.05) is 6.92 Å². The summed E-state index contributed by atoms with van der Waals surface area (Å²) in [5, 5.41) is 0.817. The number of aryl methyl sites for hydroxylation is 2. The SMILES string of the molecule is Cc1cc(=O)oc2c3c(ccc12)O[C@H](C1=C(F)C=C(F)C(F)C1)CC3. The number of rotatable bonds is 1. The molecule has 0 saturated heterocycles. The molecule has 130 valence electrons. The van der Waals surface area contributed by atoms with E-state index in [1.165, 1.54) is 6.07 Å². The lowest BCUT2D eigenvalue weighted by atomic mass is 9.90. The fraction of sp³-hybridized carbons (Fsp3) is 0.316. The van der Waals surface area contributed by atoms with E-state index in [0.717, 1.165) is 16.5 Å². The van der Waals surface area contributed by atoms with Crippen molar-refractivity contribution < 1.29 is 22.3 Å². The minimum atomic E-state index is -1.84. The maximum atomic E-state index is 14.0. The molecule has 0 spiro atoms. The Morgan fingerprint density at radius 2 is 2.04 bits per heavy atom. The van der Waals surface area contributed by atoms with Crippen molar-refractivity contribution in [2.24, 2.45) is 0 Å². The monoisotopic (exact) mass is 348 g/mol. The quantitative estimate of drug-likeness (QED) is 0.706. The summed E-state index contributed by atoms with van der Waals surface area (Å²) in [4.78, 5) is 11.7. The standard InChI is InChI=1S/C19H15F3O3/c1-9-6-18(23)25-19-10(9)2-4-16-11(19)3-5-17(24-16)12-7-14(21)15(22)8-13(12)20/h2,4,6,8,14,17H,3,5,7H2,1H3/t14?,17-/m0/s1. The first kappa shape index (κ1) is 16.0. The first-order valence-corrected chi connectivity index (χ1v) is 8.06. The third-order valence-corrected chi connectivity index (χ3v) is 4.76. The predicted octanol–water partition coefficient (Wildman–Crippen LogP) is 4.61. The van der Waals surface area contributed by atoms with Crippen LogP contribution in [0.1, 0.15) is 24.0 Å². The second-order valence-electron chi connectivity index (χ2n) is 6.39. The second kappa shape index (κ2) is 5.79. The molecule has 0 saturated carbocycles. The van der Waals surface area contributed by atoms with Crippen molar-refractivity contribution in [3.05, 3.63) is 63.0 Å². The molecule has 0 N–H and O–H groups in total. The number of allylic oxidation sites excluding steroid dienone is 3. The fourth-order valence-corrected chi connectivity index (χ4v) is 3.48. The van der Waals surface area contributed by atoms with Gasteiger partial charge in [0.2, 0.25) is 0 Å². The largest absolute Gasteiger partial charge is 0.486 e. The summed E-state index contributed by atoms with van der Waals surface area (Å²) in [6.45, 7) is 1.82. The van der Waals surface area contributed by atoms with Gasteiger partial charge in [-0.05, 0) is 37.5 Å². The Labute approximate surface area is 141 Å². The highest BCUT2D eigenvalue weighted by Gasteiger charge is 2.32. The molecule has 0 amide bonds. The van der Waals surface area contributed by atoms with E-state index >= 15 is 0 Å². The maximum Gasteiger partial charge on any atom is 0.336 e. The van der Waals surface area contributed by atoms with Crippen molar-refractivity contribution in [2.75, 3.05) is 0 Å². The molecular formula is C19H15F3O3. The van der Waals surface area contributed by atoms with Crippen molar-refractivity contribution in [3.8, 4) is 5.75 Å². The molecule has 1 aromatic carbocycles. The Morgan fingerprint density at radius 1 is 1.24 bits per heavy atom. The molecule has 6 heteroatoms. The van der Waals surface area contributed by atoms with Crippen LogP contribution in [0.15, 0.2) is 50.7 Å². The van der Waals surface area contributed by atoms with Crippen molar-refractivity contribution in [1.29, 1.82) is 0 Å². The van der Waals surface area contributed by atoms with Gasteiger partial charge in [-0.25, -0.2) is 18.0 Å². The molecular weight excluding hydrogens is 333 g/mol. The van der Waals surface area contributed by atoms with Gasteiger partial charge in [-0.1, -0.05) is 0 Å². The fourth-order valence-electron chi connectivity index (χ4n) is 3.48. The lowest BCUT2D eigenvalue weighted by Gasteiger charge is -2.30. The lowest BCUT2D eigenvalue weighted by Crippen LogP contribution is -2.28. The molecule has 2 aromatic rings. The molecule has 1 aliphatic carbocycles. The Morgan fingerprint density at radius 3 is 2.84 bits per heavy atom. The van der Waals surface area contributed by atoms with Crippen molar-refractivity contribution >= 4 is 11.0 Å². The third kappa shape index (κ3) is 2.65. The van der Waals surface area contributed by atoms with E-state index in [-0.39, 0.29) is 12.0 Å². The molecule has 1 aliphatic heterocycles. The Balaban J connectivity index is 1.74. The average molecular weight is 348 g/mol. The van der Waals surface area contributed by atoms with E-state index in [2.05, 4.69) is 0 Å². The normalized spacial score (nSPS) is 23.3. The second-order valence-corrected chi connectivity index (χ2v) is 6.39. The van der Waals surface area contributed by atoms with Gasteiger partial charge in [0.05, 0.1) is 0 Å². The minimum absolute atomic E-state index is 0.130. The van der Waals surface area contributed by atoms with Crippen LogP contribution in [0.25, 0.3) is 11.0 Å². The molecule has 25 heavy (non-hydrogen) atoms. The lowest BCUT2D eigenvalue weighted by molar-refractivity contribution is 0.188. The highest BCUT2D eigenvalue weighted by atomic mass is 19.2. The highest BCUT2D eigenvalue weighted by Crippen LogP contribution is 2.39. The smallest absolute Gasteiger partial charge is 0.336 e. The number of fused-ring (bicyclic) bond motifs is 3. The number of ether oxygens (including phenoxy) is 1. The molecule has 1 aromatic heterocycles. The van der Waals surface area contributed by atoms with Crippen LogP contribution in [0.3, 0.4) is 0 Å². The van der Waals surface area contributed by atoms with Gasteiger partial charge in [0.15, 0.2) is 6.17 Å². The zero-order valence-corrected chi connectivity index (χ0v) is 13.4. The highest BCUT2D eigenvalue weighted by molar-refractivity contribution is 5.85. The van der Waals surface area contributed by atoms with Gasteiger partial charge in [-0.3, -0.25) is 0 Å². The number of halogens is 3. The van der Waals surface area contributed by atoms with Gasteiger partial charge >= 0.3 is 5.63 Å². The molecule has 1 unspecified atom stereocenters. The first-order chi connectivity index (χ1) is 11.9. The molecule has 2 heterocycles. The average Bonchev–Trinajstić information content (AvgIpc) is 2.57. The van der Waals surface area contributed by atoms with Gasteiger partial charge < -0.3 is 9.15 Å². The van der Waals surface area contributed by atoms with Crippen LogP contribution in [-0.4, -0.2) is 12.3 Å². The minimum Gasteiger partial charge on any atom is -0.486 e. The predicted molar refractivity (Wildman–Crippen MR) is 86.8 cm³/mol. The van der Waals surface area contributed by atoms with Crippen LogP contribution in [0.2, 0.25) is 0 Å². The van der Waals surface area contributed by atoms with Gasteiger partial charge in [0.1, 0.15) is 29.1 Å². The van der Waals surface area contributed by atoms with Crippen LogP contribution < -0.4 is 10.4 Å². The summed E-state index contributed by atoms with van der Waals surface area (Å²) in [7, 11) is 0. The van der Waals surface area contributed by atoms with Crippen LogP contribution in [0.4, 0.5) is 13.2 Å². The molecule has 4 rings (SSSR count). The molecule has 2 aliphatic rings. The summed E-state index contributed by atoms with van der Waals surface area (Å²) in [5.41, 5.74) is 1.70. The number of benzene rings is 1. The van der Waals surface area contributed by atoms with Gasteiger partial charge in [-0.2, -0.15) is 0 Å². The zero-order valence-electron chi connectivity index (χ0n) is 13.4. The number of alkyl halides is 1. The van der Waals surface area contributed by atoms with Crippen LogP contribution in [0, 0.1) is 6.92 Å². The van der Waals surface area contributed by atoms with E-state index < -0.39 is 29.6 Å². The van der Waals surface area contributed by atoms with Gasteiger partial charge in [0.25, 0.3) is 0 Å². The van der Waals surface area contributed by atoms with Crippen LogP contribution in [-0.2, 0) is 6.42 Å². The van der Waals surface area contributed by atoms with Gasteiger partial charge in [-0.15, -0.1) is 0 Å². The summed E-state index contributed by atoms with van der Waals surface area (Å²) >= 11 is 0. The van der Waals surface area contributed by atoms with Crippen LogP contribution in [0.5, 0.6) is 5.75 Å². The molecule has 3 nitrogen and oxygen atoms in total. The zero-order chi connectivity index (χ0) is 17.7. The molecule has 0 fully saturated rings. The van der Waals surface area contributed by atoms with Crippen molar-refractivity contribution in [3.63, 3.8) is 0 Å². The number of hydrogen-bond donors (Lipinski definition) is 0. The van der Waals surface area contributed by atoms with E-state index in [9.17, 15) is 18.0 Å². The Hall–Kier alpha value is -2.50. The van der Waals surface area contributed by atoms with Crippen molar-refractivity contribution in [2.45, 2.75) is 38.5 Å². The summed E-state index contributed by atoms with van der Waals surface area (Å²) in [6, 6.07) is 4.94. The number of hydrogen-bond acceptors (Lipinski definition) is 3. The summed E-state index contributed by atoms with van der Waals surface area (Å²) < 4.78 is 52.0. The van der Waals surface area contributed by atoms with E-state index in [1.54, 1.807) is 12.1 Å². The summed E-state index contributed by atoms with van der Waals surface area (Å²) in [5.74, 6) is -1.40. The van der Waals surface area contributed by atoms with E-state index in [0.29, 0.717) is 30.3 Å². The molecule has 0 bridgehead atoms. The molecule has 2 atom stereocenters. The Kier molecular flexibility index (Phi) is 3.71. The third-order valence-electron chi connectivity index (χ3n) is 4.76. The summed E-state index contributed by atoms with van der Waals surface area (Å²) in [6.07, 6.45) is -1.37. The van der Waals surface area contributed by atoms with Gasteiger partial charge in [0, 0.05) is 35.1 Å². The topological polar surface area (TPSA) is 39.4 Å². The van der Waals surface area contributed by atoms with Crippen LogP contribution >= 0.6 is 0 Å². The maximum absolute atomic E-state index is 14.0. The molecule has 0 radical (unpaired) electrons. The van der Waals surface area contributed by atoms with E-state index in [4.69, 9.17) is 9.15 Å².